The molecule has 2 atom stereocenters. The molecule has 0 saturated carbocycles. The van der Waals surface area contributed by atoms with E-state index >= 15 is 0 Å². The maximum absolute atomic E-state index is 10.4. The maximum atomic E-state index is 10.4. The van der Waals surface area contributed by atoms with E-state index in [1.165, 1.54) is 5.56 Å². The molecule has 0 heterocycles. The summed E-state index contributed by atoms with van der Waals surface area (Å²) in [6.45, 7) is 4.21. The topological polar surface area (TPSA) is 65.7 Å². The summed E-state index contributed by atoms with van der Waals surface area (Å²) in [5, 5.41) is 19.3. The van der Waals surface area contributed by atoms with Gasteiger partial charge in [-0.15, -0.1) is 0 Å². The van der Waals surface area contributed by atoms with Crippen LogP contribution in [0.4, 0.5) is 0 Å². The van der Waals surface area contributed by atoms with Crippen molar-refractivity contribution in [3.05, 3.63) is 65.7 Å². The molecule has 2 aromatic carbocycles. The van der Waals surface area contributed by atoms with Gasteiger partial charge in [0, 0.05) is 19.7 Å². The molecule has 0 aliphatic rings. The average Bonchev–Trinajstić information content (AvgIpc) is 2.71. The van der Waals surface area contributed by atoms with E-state index in [0.717, 1.165) is 13.0 Å². The fraction of sp³-hybridized carbons (Fsp3) is 0.409. The Morgan fingerprint density at radius 2 is 1.78 bits per heavy atom. The number of hydrogen-bond acceptors (Lipinski definition) is 5. The maximum Gasteiger partial charge on any atom is 0.119 e. The number of hydrogen-bond donors (Lipinski definition) is 1. The number of ether oxygens (including phenoxy) is 2. The summed E-state index contributed by atoms with van der Waals surface area (Å²) in [7, 11) is 1.70. The highest BCUT2D eigenvalue weighted by atomic mass is 16.5. The van der Waals surface area contributed by atoms with Gasteiger partial charge in [0.2, 0.25) is 0 Å². The van der Waals surface area contributed by atoms with Crippen molar-refractivity contribution in [2.24, 2.45) is 0 Å². The lowest BCUT2D eigenvalue weighted by Crippen LogP contribution is -2.45. The van der Waals surface area contributed by atoms with Gasteiger partial charge in [-0.25, -0.2) is 0 Å². The molecule has 5 heteroatoms. The molecule has 0 aliphatic carbocycles. The first-order valence-electron chi connectivity index (χ1n) is 9.24. The largest absolute Gasteiger partial charge is 0.491 e. The lowest BCUT2D eigenvalue weighted by molar-refractivity contribution is 0.0318. The molecule has 0 spiro atoms. The normalized spacial score (nSPS) is 13.1. The molecule has 5 nitrogen and oxygen atoms in total. The number of aliphatic hydroxyl groups is 1. The zero-order valence-corrected chi connectivity index (χ0v) is 16.0. The molecule has 0 aromatic heterocycles. The van der Waals surface area contributed by atoms with Gasteiger partial charge in [-0.05, 0) is 42.8 Å². The van der Waals surface area contributed by atoms with Crippen LogP contribution in [0, 0.1) is 11.3 Å². The van der Waals surface area contributed by atoms with Gasteiger partial charge in [-0.3, -0.25) is 4.90 Å². The zero-order valence-electron chi connectivity index (χ0n) is 16.0. The third kappa shape index (κ3) is 7.03. The molecule has 27 heavy (non-hydrogen) atoms. The predicted molar refractivity (Wildman–Crippen MR) is 106 cm³/mol. The third-order valence-electron chi connectivity index (χ3n) is 4.47. The number of nitriles is 1. The predicted octanol–water partition coefficient (Wildman–Crippen LogP) is 2.88. The van der Waals surface area contributed by atoms with Crippen molar-refractivity contribution in [2.75, 3.05) is 33.4 Å². The van der Waals surface area contributed by atoms with E-state index < -0.39 is 6.10 Å². The molecule has 0 aliphatic heterocycles. The van der Waals surface area contributed by atoms with Crippen molar-refractivity contribution >= 4 is 0 Å². The van der Waals surface area contributed by atoms with Crippen molar-refractivity contribution in [2.45, 2.75) is 25.5 Å². The second kappa shape index (κ2) is 11.3. The molecule has 1 N–H and O–H groups in total. The molecule has 0 saturated heterocycles. The molecule has 144 valence electrons. The summed E-state index contributed by atoms with van der Waals surface area (Å²) >= 11 is 0. The molecule has 0 unspecified atom stereocenters. The standard InChI is InChI=1S/C22H28N2O3/c1-3-24(20(16-26-2)13-18-7-5-4-6-8-18)15-21(25)17-27-22-11-9-19(14-23)10-12-22/h4-12,20-21,25H,3,13,15-17H2,1-2H3/t20-,21+/m0/s1. The molecule has 2 aromatic rings. The fourth-order valence-electron chi connectivity index (χ4n) is 3.05. The molecule has 2 rings (SSSR count). The van der Waals surface area contributed by atoms with Gasteiger partial charge in [0.1, 0.15) is 18.5 Å². The third-order valence-corrected chi connectivity index (χ3v) is 4.47. The summed E-state index contributed by atoms with van der Waals surface area (Å²) in [5.41, 5.74) is 1.84. The molecule has 0 fully saturated rings. The Bertz CT molecular complexity index is 698. The van der Waals surface area contributed by atoms with Gasteiger partial charge in [0.05, 0.1) is 18.2 Å². The molecular formula is C22H28N2O3. The van der Waals surface area contributed by atoms with E-state index in [1.807, 2.05) is 18.2 Å². The van der Waals surface area contributed by atoms with Crippen LogP contribution in [0.2, 0.25) is 0 Å². The van der Waals surface area contributed by atoms with Crippen LogP contribution in [0.1, 0.15) is 18.1 Å². The molecule has 0 amide bonds. The Morgan fingerprint density at radius 3 is 2.37 bits per heavy atom. The minimum atomic E-state index is -0.615. The number of aliphatic hydroxyl groups excluding tert-OH is 1. The van der Waals surface area contributed by atoms with Crippen molar-refractivity contribution in [3.63, 3.8) is 0 Å². The number of benzene rings is 2. The summed E-state index contributed by atoms with van der Waals surface area (Å²) in [6.07, 6.45) is 0.252. The summed E-state index contributed by atoms with van der Waals surface area (Å²) in [4.78, 5) is 2.23. The smallest absolute Gasteiger partial charge is 0.119 e. The van der Waals surface area contributed by atoms with Gasteiger partial charge >= 0.3 is 0 Å². The van der Waals surface area contributed by atoms with E-state index in [2.05, 4.69) is 30.0 Å². The highest BCUT2D eigenvalue weighted by molar-refractivity contribution is 5.34. The quantitative estimate of drug-likeness (QED) is 0.661. The molecule has 0 bridgehead atoms. The lowest BCUT2D eigenvalue weighted by Gasteiger charge is -2.32. The first kappa shape index (κ1) is 20.9. The van der Waals surface area contributed by atoms with Gasteiger partial charge < -0.3 is 14.6 Å². The Hall–Kier alpha value is -2.39. The van der Waals surface area contributed by atoms with E-state index in [4.69, 9.17) is 14.7 Å². The fourth-order valence-corrected chi connectivity index (χ4v) is 3.05. The van der Waals surface area contributed by atoms with E-state index in [-0.39, 0.29) is 12.6 Å². The van der Waals surface area contributed by atoms with Crippen molar-refractivity contribution in [1.82, 2.24) is 4.90 Å². The zero-order chi connectivity index (χ0) is 19.5. The van der Waals surface area contributed by atoms with Crippen LogP contribution in [0.15, 0.2) is 54.6 Å². The first-order chi connectivity index (χ1) is 13.2. The second-order valence-electron chi connectivity index (χ2n) is 6.49. The summed E-state index contributed by atoms with van der Waals surface area (Å²) in [6, 6.07) is 19.5. The summed E-state index contributed by atoms with van der Waals surface area (Å²) < 4.78 is 11.1. The van der Waals surface area contributed by atoms with Crippen LogP contribution < -0.4 is 4.74 Å². The average molecular weight is 368 g/mol. The Balaban J connectivity index is 1.90. The van der Waals surface area contributed by atoms with Crippen LogP contribution in [0.3, 0.4) is 0 Å². The lowest BCUT2D eigenvalue weighted by atomic mass is 10.0. The molecular weight excluding hydrogens is 340 g/mol. The monoisotopic (exact) mass is 368 g/mol. The minimum Gasteiger partial charge on any atom is -0.491 e. The Kier molecular flexibility index (Phi) is 8.79. The minimum absolute atomic E-state index is 0.187. The molecule has 0 radical (unpaired) electrons. The number of methoxy groups -OCH3 is 1. The van der Waals surface area contributed by atoms with E-state index in [1.54, 1.807) is 31.4 Å². The van der Waals surface area contributed by atoms with E-state index in [0.29, 0.717) is 24.5 Å². The number of nitrogens with zero attached hydrogens (tertiary/aromatic N) is 2. The van der Waals surface area contributed by atoms with Gasteiger partial charge in [-0.2, -0.15) is 5.26 Å². The van der Waals surface area contributed by atoms with Gasteiger partial charge in [0.15, 0.2) is 0 Å². The van der Waals surface area contributed by atoms with Crippen molar-refractivity contribution in [1.29, 1.82) is 5.26 Å². The van der Waals surface area contributed by atoms with E-state index in [9.17, 15) is 5.11 Å². The van der Waals surface area contributed by atoms with Crippen molar-refractivity contribution in [3.8, 4) is 11.8 Å². The Labute approximate surface area is 161 Å². The van der Waals surface area contributed by atoms with Crippen LogP contribution in [0.25, 0.3) is 0 Å². The highest BCUT2D eigenvalue weighted by Crippen LogP contribution is 2.13. The van der Waals surface area contributed by atoms with Crippen LogP contribution in [-0.2, 0) is 11.2 Å². The first-order valence-corrected chi connectivity index (χ1v) is 9.24. The Morgan fingerprint density at radius 1 is 1.07 bits per heavy atom. The van der Waals surface area contributed by atoms with Gasteiger partial charge in [0.25, 0.3) is 0 Å². The van der Waals surface area contributed by atoms with Crippen LogP contribution in [0.5, 0.6) is 5.75 Å². The highest BCUT2D eigenvalue weighted by Gasteiger charge is 2.21. The summed E-state index contributed by atoms with van der Waals surface area (Å²) in [5.74, 6) is 0.647. The SMILES string of the molecule is CCN(C[C@@H](O)COc1ccc(C#N)cc1)[C@H](COC)Cc1ccccc1. The number of rotatable bonds is 11. The van der Waals surface area contributed by atoms with Crippen LogP contribution in [-0.4, -0.2) is 55.6 Å². The second-order valence-corrected chi connectivity index (χ2v) is 6.49. The van der Waals surface area contributed by atoms with Gasteiger partial charge in [-0.1, -0.05) is 37.3 Å². The van der Waals surface area contributed by atoms with Crippen molar-refractivity contribution < 1.29 is 14.6 Å². The number of likely N-dealkylation sites (N-methyl/N-ethyl adjacent to an activating group) is 1. The van der Waals surface area contributed by atoms with Crippen LogP contribution >= 0.6 is 0 Å².